The third-order valence-corrected chi connectivity index (χ3v) is 5.35. The standard InChI is InChI=1S/C21H16F2N2OS/c1-2-18-24-20-19(17(12-27-20)14-6-8-15(22)9-7-14)21(26)25(18)11-13-4-3-5-16(23)10-13/h3-10,12H,2,11H2,1H3. The third kappa shape index (κ3) is 3.28. The molecule has 0 saturated carbocycles. The van der Waals surface area contributed by atoms with E-state index in [9.17, 15) is 13.6 Å². The lowest BCUT2D eigenvalue weighted by atomic mass is 10.1. The van der Waals surface area contributed by atoms with Crippen molar-refractivity contribution in [2.75, 3.05) is 0 Å². The van der Waals surface area contributed by atoms with Gasteiger partial charge in [0.05, 0.1) is 11.9 Å². The normalized spacial score (nSPS) is 11.2. The maximum atomic E-state index is 13.5. The minimum Gasteiger partial charge on any atom is -0.292 e. The van der Waals surface area contributed by atoms with Gasteiger partial charge in [-0.25, -0.2) is 13.8 Å². The average molecular weight is 382 g/mol. The molecule has 0 atom stereocenters. The summed E-state index contributed by atoms with van der Waals surface area (Å²) in [6.45, 7) is 2.19. The number of benzene rings is 2. The first kappa shape index (κ1) is 17.5. The van der Waals surface area contributed by atoms with E-state index in [1.807, 2.05) is 12.3 Å². The summed E-state index contributed by atoms with van der Waals surface area (Å²) >= 11 is 1.40. The largest absolute Gasteiger partial charge is 0.292 e. The Morgan fingerprint density at radius 1 is 1.07 bits per heavy atom. The van der Waals surface area contributed by atoms with Gasteiger partial charge in [0.15, 0.2) is 0 Å². The lowest BCUT2D eigenvalue weighted by Crippen LogP contribution is -2.25. The molecule has 0 radical (unpaired) electrons. The molecule has 27 heavy (non-hydrogen) atoms. The van der Waals surface area contributed by atoms with Gasteiger partial charge in [-0.1, -0.05) is 31.2 Å². The Morgan fingerprint density at radius 2 is 1.85 bits per heavy atom. The van der Waals surface area contributed by atoms with Gasteiger partial charge < -0.3 is 0 Å². The van der Waals surface area contributed by atoms with Gasteiger partial charge in [0.1, 0.15) is 22.3 Å². The van der Waals surface area contributed by atoms with E-state index in [0.29, 0.717) is 28.0 Å². The number of hydrogen-bond acceptors (Lipinski definition) is 3. The van der Waals surface area contributed by atoms with Crippen LogP contribution in [0.5, 0.6) is 0 Å². The second-order valence-corrected chi connectivity index (χ2v) is 7.10. The van der Waals surface area contributed by atoms with Crippen molar-refractivity contribution in [3.8, 4) is 11.1 Å². The van der Waals surface area contributed by atoms with Crippen LogP contribution < -0.4 is 5.56 Å². The minimum absolute atomic E-state index is 0.165. The molecule has 0 aliphatic rings. The highest BCUT2D eigenvalue weighted by atomic mass is 32.1. The van der Waals surface area contributed by atoms with Crippen LogP contribution in [0.15, 0.2) is 58.7 Å². The third-order valence-electron chi connectivity index (χ3n) is 4.47. The van der Waals surface area contributed by atoms with Crippen LogP contribution in [0.2, 0.25) is 0 Å². The van der Waals surface area contributed by atoms with Crippen LogP contribution in [0, 0.1) is 11.6 Å². The molecule has 0 fully saturated rings. The molecule has 3 nitrogen and oxygen atoms in total. The van der Waals surface area contributed by atoms with E-state index >= 15 is 0 Å². The molecule has 0 aliphatic heterocycles. The molecule has 2 heterocycles. The minimum atomic E-state index is -0.338. The van der Waals surface area contributed by atoms with Crippen LogP contribution in [0.4, 0.5) is 8.78 Å². The summed E-state index contributed by atoms with van der Waals surface area (Å²) in [5.74, 6) is -0.00682. The Balaban J connectivity index is 1.90. The highest BCUT2D eigenvalue weighted by molar-refractivity contribution is 7.17. The van der Waals surface area contributed by atoms with Gasteiger partial charge in [0.25, 0.3) is 5.56 Å². The molecule has 6 heteroatoms. The number of thiophene rings is 1. The van der Waals surface area contributed by atoms with Crippen LogP contribution >= 0.6 is 11.3 Å². The SMILES string of the molecule is CCc1nc2scc(-c3ccc(F)cc3)c2c(=O)n1Cc1cccc(F)c1. The van der Waals surface area contributed by atoms with Gasteiger partial charge in [-0.3, -0.25) is 9.36 Å². The number of aryl methyl sites for hydroxylation is 1. The molecule has 0 amide bonds. The van der Waals surface area contributed by atoms with Crippen LogP contribution in [0.1, 0.15) is 18.3 Å². The highest BCUT2D eigenvalue weighted by Crippen LogP contribution is 2.31. The molecule has 4 aromatic rings. The summed E-state index contributed by atoms with van der Waals surface area (Å²) in [5.41, 5.74) is 2.04. The number of halogens is 2. The van der Waals surface area contributed by atoms with Crippen molar-refractivity contribution in [3.05, 3.63) is 87.3 Å². The maximum absolute atomic E-state index is 13.5. The molecule has 0 spiro atoms. The first-order chi connectivity index (χ1) is 13.1. The molecule has 2 aromatic heterocycles. The molecule has 0 unspecified atom stereocenters. The van der Waals surface area contributed by atoms with E-state index in [-0.39, 0.29) is 23.7 Å². The first-order valence-corrected chi connectivity index (χ1v) is 9.46. The molecule has 4 rings (SSSR count). The Morgan fingerprint density at radius 3 is 2.56 bits per heavy atom. The van der Waals surface area contributed by atoms with Crippen LogP contribution in [0.3, 0.4) is 0 Å². The van der Waals surface area contributed by atoms with Crippen molar-refractivity contribution < 1.29 is 8.78 Å². The van der Waals surface area contributed by atoms with E-state index in [1.54, 1.807) is 28.8 Å². The van der Waals surface area contributed by atoms with Crippen molar-refractivity contribution in [3.63, 3.8) is 0 Å². The first-order valence-electron chi connectivity index (χ1n) is 8.58. The number of rotatable bonds is 4. The summed E-state index contributed by atoms with van der Waals surface area (Å²) in [6, 6.07) is 12.3. The van der Waals surface area contributed by atoms with Crippen molar-refractivity contribution in [2.45, 2.75) is 19.9 Å². The Kier molecular flexibility index (Phi) is 4.58. The topological polar surface area (TPSA) is 34.9 Å². The van der Waals surface area contributed by atoms with Gasteiger partial charge in [-0.2, -0.15) is 0 Å². The lowest BCUT2D eigenvalue weighted by molar-refractivity contribution is 0.620. The van der Waals surface area contributed by atoms with Crippen LogP contribution in [-0.4, -0.2) is 9.55 Å². The van der Waals surface area contributed by atoms with Crippen molar-refractivity contribution in [1.82, 2.24) is 9.55 Å². The molecular formula is C21H16F2N2OS. The summed E-state index contributed by atoms with van der Waals surface area (Å²) in [5, 5.41) is 2.39. The molecule has 0 bridgehead atoms. The molecule has 0 N–H and O–H groups in total. The summed E-state index contributed by atoms with van der Waals surface area (Å²) in [7, 11) is 0. The number of fused-ring (bicyclic) bond motifs is 1. The molecule has 2 aromatic carbocycles. The predicted octanol–water partition coefficient (Wildman–Crippen LogP) is 5.01. The lowest BCUT2D eigenvalue weighted by Gasteiger charge is -2.12. The zero-order valence-corrected chi connectivity index (χ0v) is 15.4. The molecule has 0 aliphatic carbocycles. The highest BCUT2D eigenvalue weighted by Gasteiger charge is 2.17. The summed E-state index contributed by atoms with van der Waals surface area (Å²) in [6.07, 6.45) is 0.588. The summed E-state index contributed by atoms with van der Waals surface area (Å²) in [4.78, 5) is 18.6. The number of nitrogens with zero attached hydrogens (tertiary/aromatic N) is 2. The van der Waals surface area contributed by atoms with E-state index in [2.05, 4.69) is 4.98 Å². The van der Waals surface area contributed by atoms with E-state index < -0.39 is 0 Å². The zero-order chi connectivity index (χ0) is 19.0. The van der Waals surface area contributed by atoms with E-state index in [0.717, 1.165) is 11.1 Å². The van der Waals surface area contributed by atoms with Crippen LogP contribution in [0.25, 0.3) is 21.3 Å². The van der Waals surface area contributed by atoms with Crippen molar-refractivity contribution in [2.24, 2.45) is 0 Å². The zero-order valence-electron chi connectivity index (χ0n) is 14.6. The van der Waals surface area contributed by atoms with E-state index in [4.69, 9.17) is 0 Å². The van der Waals surface area contributed by atoms with Crippen molar-refractivity contribution >= 4 is 21.6 Å². The number of hydrogen-bond donors (Lipinski definition) is 0. The van der Waals surface area contributed by atoms with Crippen LogP contribution in [-0.2, 0) is 13.0 Å². The van der Waals surface area contributed by atoms with Crippen molar-refractivity contribution in [1.29, 1.82) is 0 Å². The van der Waals surface area contributed by atoms with Gasteiger partial charge in [-0.15, -0.1) is 11.3 Å². The second kappa shape index (κ2) is 7.04. The van der Waals surface area contributed by atoms with E-state index in [1.165, 1.54) is 35.6 Å². The molecule has 136 valence electrons. The molecular weight excluding hydrogens is 366 g/mol. The maximum Gasteiger partial charge on any atom is 0.263 e. The Bertz CT molecular complexity index is 1180. The fraction of sp³-hybridized carbons (Fsp3) is 0.143. The fourth-order valence-corrected chi connectivity index (χ4v) is 4.12. The fourth-order valence-electron chi connectivity index (χ4n) is 3.16. The van der Waals surface area contributed by atoms with Gasteiger partial charge in [0.2, 0.25) is 0 Å². The monoisotopic (exact) mass is 382 g/mol. The Labute approximate surface area is 158 Å². The van der Waals surface area contributed by atoms with Gasteiger partial charge >= 0.3 is 0 Å². The predicted molar refractivity (Wildman–Crippen MR) is 104 cm³/mol. The van der Waals surface area contributed by atoms with Gasteiger partial charge in [-0.05, 0) is 35.4 Å². The Hall–Kier alpha value is -2.86. The second-order valence-electron chi connectivity index (χ2n) is 6.24. The quantitative estimate of drug-likeness (QED) is 0.497. The smallest absolute Gasteiger partial charge is 0.263 e. The average Bonchev–Trinajstić information content (AvgIpc) is 3.08. The van der Waals surface area contributed by atoms with Gasteiger partial charge in [0, 0.05) is 17.4 Å². The molecule has 0 saturated heterocycles. The summed E-state index contributed by atoms with van der Waals surface area (Å²) < 4.78 is 28.4. The number of aromatic nitrogens is 2.